The standard InChI is InChI=1S/C23H25N3O4/c1-29-19-8-6-18(7-9-19)26-14-12-25(13-15-26)11-10-24-22(27)20-16-17-4-2-3-5-21(17)30-23(20)28/h2-9,16H,10-15H2,1H3,(H,24,27). The first-order valence-corrected chi connectivity index (χ1v) is 10.1. The van der Waals surface area contributed by atoms with E-state index in [-0.39, 0.29) is 5.56 Å². The van der Waals surface area contributed by atoms with Crippen LogP contribution in [-0.4, -0.2) is 57.2 Å². The molecular formula is C23H25N3O4. The third-order valence-corrected chi connectivity index (χ3v) is 5.41. The molecule has 2 heterocycles. The van der Waals surface area contributed by atoms with Gasteiger partial charge >= 0.3 is 5.63 Å². The summed E-state index contributed by atoms with van der Waals surface area (Å²) in [4.78, 5) is 29.2. The van der Waals surface area contributed by atoms with Gasteiger partial charge in [0.2, 0.25) is 0 Å². The number of fused-ring (bicyclic) bond motifs is 1. The highest BCUT2D eigenvalue weighted by molar-refractivity contribution is 5.96. The van der Waals surface area contributed by atoms with Crippen molar-refractivity contribution in [2.24, 2.45) is 0 Å². The van der Waals surface area contributed by atoms with E-state index in [1.165, 1.54) is 5.69 Å². The third kappa shape index (κ3) is 4.46. The third-order valence-electron chi connectivity index (χ3n) is 5.41. The molecule has 0 bridgehead atoms. The summed E-state index contributed by atoms with van der Waals surface area (Å²) in [6, 6.07) is 16.8. The summed E-state index contributed by atoms with van der Waals surface area (Å²) in [6.45, 7) is 4.90. The van der Waals surface area contributed by atoms with Crippen LogP contribution >= 0.6 is 0 Å². The van der Waals surface area contributed by atoms with Crippen LogP contribution < -0.4 is 20.6 Å². The zero-order valence-electron chi connectivity index (χ0n) is 17.0. The second-order valence-corrected chi connectivity index (χ2v) is 7.27. The Morgan fingerprint density at radius 3 is 2.53 bits per heavy atom. The quantitative estimate of drug-likeness (QED) is 0.633. The summed E-state index contributed by atoms with van der Waals surface area (Å²) in [5, 5.41) is 3.57. The van der Waals surface area contributed by atoms with Gasteiger partial charge in [0.1, 0.15) is 16.9 Å². The van der Waals surface area contributed by atoms with Crippen molar-refractivity contribution >= 4 is 22.6 Å². The molecule has 1 aliphatic heterocycles. The van der Waals surface area contributed by atoms with Gasteiger partial charge in [-0.25, -0.2) is 4.79 Å². The lowest BCUT2D eigenvalue weighted by atomic mass is 10.2. The maximum Gasteiger partial charge on any atom is 0.349 e. The number of hydrogen-bond donors (Lipinski definition) is 1. The Labute approximate surface area is 174 Å². The van der Waals surface area contributed by atoms with Gasteiger partial charge < -0.3 is 19.4 Å². The number of para-hydroxylation sites is 1. The van der Waals surface area contributed by atoms with Gasteiger partial charge in [0.05, 0.1) is 7.11 Å². The lowest BCUT2D eigenvalue weighted by Crippen LogP contribution is -2.48. The number of ether oxygens (including phenoxy) is 1. The SMILES string of the molecule is COc1ccc(N2CCN(CCNC(=O)c3cc4ccccc4oc3=O)CC2)cc1. The Balaban J connectivity index is 1.26. The molecule has 156 valence electrons. The molecule has 3 aromatic rings. The average Bonchev–Trinajstić information content (AvgIpc) is 2.79. The number of amides is 1. The highest BCUT2D eigenvalue weighted by atomic mass is 16.5. The molecule has 2 aromatic carbocycles. The summed E-state index contributed by atoms with van der Waals surface area (Å²) in [7, 11) is 1.67. The average molecular weight is 407 g/mol. The Morgan fingerprint density at radius 2 is 1.80 bits per heavy atom. The van der Waals surface area contributed by atoms with E-state index in [0.717, 1.165) is 43.9 Å². The molecule has 0 spiro atoms. The molecule has 1 fully saturated rings. The van der Waals surface area contributed by atoms with Gasteiger partial charge in [-0.3, -0.25) is 9.69 Å². The predicted molar refractivity (Wildman–Crippen MR) is 116 cm³/mol. The van der Waals surface area contributed by atoms with Crippen LogP contribution in [0.3, 0.4) is 0 Å². The second kappa shape index (κ2) is 9.00. The molecule has 1 aliphatic rings. The fourth-order valence-corrected chi connectivity index (χ4v) is 3.67. The van der Waals surface area contributed by atoms with Crippen molar-refractivity contribution in [3.63, 3.8) is 0 Å². The summed E-state index contributed by atoms with van der Waals surface area (Å²) in [5.74, 6) is 0.458. The number of nitrogens with one attached hydrogen (secondary N) is 1. The van der Waals surface area contributed by atoms with Crippen LogP contribution in [0, 0.1) is 0 Å². The Morgan fingerprint density at radius 1 is 1.07 bits per heavy atom. The number of hydrogen-bond acceptors (Lipinski definition) is 6. The molecule has 30 heavy (non-hydrogen) atoms. The van der Waals surface area contributed by atoms with Crippen molar-refractivity contribution < 1.29 is 13.9 Å². The monoisotopic (exact) mass is 407 g/mol. The van der Waals surface area contributed by atoms with Gasteiger partial charge in [-0.1, -0.05) is 18.2 Å². The number of piperazine rings is 1. The maximum atomic E-state index is 12.4. The minimum atomic E-state index is -0.612. The van der Waals surface area contributed by atoms with E-state index < -0.39 is 11.5 Å². The first-order valence-electron chi connectivity index (χ1n) is 10.1. The van der Waals surface area contributed by atoms with E-state index in [1.54, 1.807) is 25.3 Å². The number of benzene rings is 2. The Bertz CT molecular complexity index is 1070. The molecule has 1 saturated heterocycles. The van der Waals surface area contributed by atoms with Crippen molar-refractivity contribution in [2.75, 3.05) is 51.3 Å². The number of carbonyl (C=O) groups is 1. The zero-order chi connectivity index (χ0) is 20.9. The van der Waals surface area contributed by atoms with Crippen LogP contribution in [0.1, 0.15) is 10.4 Å². The highest BCUT2D eigenvalue weighted by Gasteiger charge is 2.18. The van der Waals surface area contributed by atoms with Crippen molar-refractivity contribution in [2.45, 2.75) is 0 Å². The minimum absolute atomic E-state index is 0.0398. The highest BCUT2D eigenvalue weighted by Crippen LogP contribution is 2.20. The number of nitrogens with zero attached hydrogens (tertiary/aromatic N) is 2. The van der Waals surface area contributed by atoms with Crippen LogP contribution in [0.25, 0.3) is 11.0 Å². The van der Waals surface area contributed by atoms with Gasteiger partial charge in [0.25, 0.3) is 5.91 Å². The second-order valence-electron chi connectivity index (χ2n) is 7.27. The van der Waals surface area contributed by atoms with Crippen LogP contribution in [0.2, 0.25) is 0 Å². The minimum Gasteiger partial charge on any atom is -0.497 e. The number of rotatable bonds is 6. The predicted octanol–water partition coefficient (Wildman–Crippen LogP) is 2.35. The van der Waals surface area contributed by atoms with Gasteiger partial charge in [0, 0.05) is 50.3 Å². The number of anilines is 1. The maximum absolute atomic E-state index is 12.4. The molecule has 0 radical (unpaired) electrons. The van der Waals surface area contributed by atoms with Crippen LogP contribution in [0.15, 0.2) is 63.8 Å². The molecule has 1 N–H and O–H groups in total. The largest absolute Gasteiger partial charge is 0.497 e. The molecule has 7 nitrogen and oxygen atoms in total. The first kappa shape index (κ1) is 20.0. The van der Waals surface area contributed by atoms with E-state index in [0.29, 0.717) is 12.1 Å². The Kier molecular flexibility index (Phi) is 5.99. The van der Waals surface area contributed by atoms with Crippen molar-refractivity contribution in [3.8, 4) is 5.75 Å². The summed E-state index contributed by atoms with van der Waals surface area (Å²) in [5.41, 5.74) is 1.10. The molecule has 1 amide bonds. The van der Waals surface area contributed by atoms with E-state index in [1.807, 2.05) is 24.3 Å². The number of carbonyl (C=O) groups excluding carboxylic acids is 1. The number of methoxy groups -OCH3 is 1. The lowest BCUT2D eigenvalue weighted by Gasteiger charge is -2.36. The molecule has 7 heteroatoms. The molecule has 0 aliphatic carbocycles. The van der Waals surface area contributed by atoms with Crippen LogP contribution in [0.4, 0.5) is 5.69 Å². The van der Waals surface area contributed by atoms with E-state index in [4.69, 9.17) is 9.15 Å². The van der Waals surface area contributed by atoms with Gasteiger partial charge in [-0.2, -0.15) is 0 Å². The van der Waals surface area contributed by atoms with Crippen molar-refractivity contribution in [1.82, 2.24) is 10.2 Å². The molecule has 0 saturated carbocycles. The molecule has 4 rings (SSSR count). The fourth-order valence-electron chi connectivity index (χ4n) is 3.67. The summed E-state index contributed by atoms with van der Waals surface area (Å²) < 4.78 is 10.4. The van der Waals surface area contributed by atoms with E-state index in [9.17, 15) is 9.59 Å². The zero-order valence-corrected chi connectivity index (χ0v) is 17.0. The van der Waals surface area contributed by atoms with E-state index >= 15 is 0 Å². The van der Waals surface area contributed by atoms with Crippen molar-refractivity contribution in [1.29, 1.82) is 0 Å². The first-order chi connectivity index (χ1) is 14.6. The lowest BCUT2D eigenvalue weighted by molar-refractivity contribution is 0.0944. The summed E-state index contributed by atoms with van der Waals surface area (Å²) in [6.07, 6.45) is 0. The van der Waals surface area contributed by atoms with Crippen molar-refractivity contribution in [3.05, 3.63) is 70.6 Å². The molecule has 0 atom stereocenters. The van der Waals surface area contributed by atoms with Crippen LogP contribution in [0.5, 0.6) is 5.75 Å². The van der Waals surface area contributed by atoms with Crippen LogP contribution in [-0.2, 0) is 0 Å². The summed E-state index contributed by atoms with van der Waals surface area (Å²) >= 11 is 0. The smallest absolute Gasteiger partial charge is 0.349 e. The van der Waals surface area contributed by atoms with Gasteiger partial charge in [-0.15, -0.1) is 0 Å². The molecule has 0 unspecified atom stereocenters. The fraction of sp³-hybridized carbons (Fsp3) is 0.304. The normalized spacial score (nSPS) is 14.6. The molecular weight excluding hydrogens is 382 g/mol. The Hall–Kier alpha value is -3.32. The molecule has 1 aromatic heterocycles. The van der Waals surface area contributed by atoms with Gasteiger partial charge in [0.15, 0.2) is 0 Å². The van der Waals surface area contributed by atoms with E-state index in [2.05, 4.69) is 27.2 Å². The van der Waals surface area contributed by atoms with Gasteiger partial charge in [-0.05, 0) is 36.4 Å². The topological polar surface area (TPSA) is 75.0 Å².